The Hall–Kier alpha value is -4.20. The summed E-state index contributed by atoms with van der Waals surface area (Å²) in [6.45, 7) is 2.41. The van der Waals surface area contributed by atoms with Crippen LogP contribution < -0.4 is 15.2 Å². The summed E-state index contributed by atoms with van der Waals surface area (Å²) in [6, 6.07) is 15.9. The van der Waals surface area contributed by atoms with Crippen molar-refractivity contribution < 1.29 is 49.6 Å². The number of aliphatic carboxylic acids is 1. The quantitative estimate of drug-likeness (QED) is 0.0920. The number of carbonyl (C=O) groups is 1. The number of carboxylic acids is 1. The van der Waals surface area contributed by atoms with E-state index in [1.54, 1.807) is 30.3 Å². The number of nitrogens with two attached hydrogens (primary N) is 1. The zero-order valence-electron chi connectivity index (χ0n) is 22.8. The number of ether oxygens (including phenoxy) is 3. The third-order valence-corrected chi connectivity index (χ3v) is 6.97. The first-order valence-corrected chi connectivity index (χ1v) is 13.3. The predicted octanol–water partition coefficient (Wildman–Crippen LogP) is 1.46. The Kier molecular flexibility index (Phi) is 9.34. The Balaban J connectivity index is 1.68. The van der Waals surface area contributed by atoms with Crippen LogP contribution in [-0.2, 0) is 21.7 Å². The van der Waals surface area contributed by atoms with Crippen LogP contribution in [0.5, 0.6) is 17.2 Å². The van der Waals surface area contributed by atoms with Crippen molar-refractivity contribution in [1.29, 1.82) is 5.41 Å². The summed E-state index contributed by atoms with van der Waals surface area (Å²) in [4.78, 5) is 11.7. The van der Waals surface area contributed by atoms with Gasteiger partial charge in [-0.3, -0.25) is 5.41 Å². The zero-order valence-corrected chi connectivity index (χ0v) is 22.8. The van der Waals surface area contributed by atoms with Gasteiger partial charge in [0.2, 0.25) is 5.79 Å². The van der Waals surface area contributed by atoms with Crippen LogP contribution in [0.25, 0.3) is 11.1 Å². The SMILES string of the molecule is CCCc1cc(-c2ccc(C(=N)N)cc2[C@]2(O)O[C@H](C(=O)O)[C@@H](O)[C@H](O)[C@H]2O)ccc1OCCOc1cccc(O)c1. The number of rotatable bonds is 11. The highest BCUT2D eigenvalue weighted by Gasteiger charge is 2.56. The second kappa shape index (κ2) is 12.8. The van der Waals surface area contributed by atoms with Crippen LogP contribution in [0.1, 0.15) is 30.0 Å². The highest BCUT2D eigenvalue weighted by molar-refractivity contribution is 5.96. The van der Waals surface area contributed by atoms with E-state index in [4.69, 9.17) is 25.4 Å². The first-order chi connectivity index (χ1) is 20.0. The summed E-state index contributed by atoms with van der Waals surface area (Å²) < 4.78 is 16.9. The van der Waals surface area contributed by atoms with Gasteiger partial charge < -0.3 is 50.6 Å². The molecule has 9 N–H and O–H groups in total. The molecule has 224 valence electrons. The Morgan fingerprint density at radius 1 is 1.02 bits per heavy atom. The normalized spacial score (nSPS) is 23.7. The van der Waals surface area contributed by atoms with Crippen molar-refractivity contribution >= 4 is 11.8 Å². The minimum Gasteiger partial charge on any atom is -0.508 e. The fraction of sp³-hybridized carbons (Fsp3) is 0.333. The standard InChI is InChI=1S/C30H34N2O10/c1-2-4-17-13-16(8-10-23(17)41-12-11-40-20-6-3-5-19(33)15-20)21-9-7-18(28(31)32)14-22(21)30(39)27(36)25(35)24(34)26(42-30)29(37)38/h3,5-10,13-15,24-27,33-36,39H,2,4,11-12H2,1H3,(H3,31,32)(H,37,38)/t24-,25-,26-,27+,30-/m0/s1. The van der Waals surface area contributed by atoms with E-state index < -0.39 is 36.2 Å². The highest BCUT2D eigenvalue weighted by Crippen LogP contribution is 2.42. The maximum atomic E-state index is 11.7. The molecule has 0 amide bonds. The molecule has 0 aromatic heterocycles. The van der Waals surface area contributed by atoms with Crippen LogP contribution in [0.2, 0.25) is 0 Å². The fourth-order valence-corrected chi connectivity index (χ4v) is 4.85. The number of amidine groups is 1. The molecule has 42 heavy (non-hydrogen) atoms. The van der Waals surface area contributed by atoms with Crippen LogP contribution in [0.3, 0.4) is 0 Å². The molecule has 0 saturated carbocycles. The van der Waals surface area contributed by atoms with Gasteiger partial charge in [0.1, 0.15) is 54.6 Å². The predicted molar refractivity (Wildman–Crippen MR) is 150 cm³/mol. The maximum absolute atomic E-state index is 11.7. The first kappa shape index (κ1) is 30.8. The van der Waals surface area contributed by atoms with Gasteiger partial charge in [-0.1, -0.05) is 37.6 Å². The van der Waals surface area contributed by atoms with Gasteiger partial charge in [0.25, 0.3) is 0 Å². The lowest BCUT2D eigenvalue weighted by atomic mass is 9.83. The Bertz CT molecular complexity index is 1450. The van der Waals surface area contributed by atoms with E-state index in [2.05, 4.69) is 0 Å². The lowest BCUT2D eigenvalue weighted by Gasteiger charge is -2.45. The molecule has 3 aromatic rings. The third kappa shape index (κ3) is 6.32. The average molecular weight is 583 g/mol. The van der Waals surface area contributed by atoms with Gasteiger partial charge in [0.05, 0.1) is 0 Å². The van der Waals surface area contributed by atoms with Gasteiger partial charge >= 0.3 is 5.97 Å². The molecule has 0 bridgehead atoms. The van der Waals surface area contributed by atoms with Crippen molar-refractivity contribution in [2.75, 3.05) is 13.2 Å². The number of aromatic hydroxyl groups is 1. The smallest absolute Gasteiger partial charge is 0.335 e. The molecule has 12 heteroatoms. The molecule has 5 atom stereocenters. The third-order valence-electron chi connectivity index (χ3n) is 6.97. The summed E-state index contributed by atoms with van der Waals surface area (Å²) in [6.07, 6.45) is -6.89. The highest BCUT2D eigenvalue weighted by atomic mass is 16.7. The van der Waals surface area contributed by atoms with E-state index in [1.807, 2.05) is 6.92 Å². The van der Waals surface area contributed by atoms with Crippen molar-refractivity contribution in [2.24, 2.45) is 5.73 Å². The van der Waals surface area contributed by atoms with Crippen LogP contribution in [0, 0.1) is 5.41 Å². The lowest BCUT2D eigenvalue weighted by molar-refractivity contribution is -0.349. The summed E-state index contributed by atoms with van der Waals surface area (Å²) in [7, 11) is 0. The molecule has 0 spiro atoms. The van der Waals surface area contributed by atoms with Crippen LogP contribution in [0.15, 0.2) is 60.7 Å². The average Bonchev–Trinajstić information content (AvgIpc) is 2.96. The van der Waals surface area contributed by atoms with Crippen molar-refractivity contribution in [3.63, 3.8) is 0 Å². The maximum Gasteiger partial charge on any atom is 0.335 e. The van der Waals surface area contributed by atoms with Crippen molar-refractivity contribution in [3.05, 3.63) is 77.4 Å². The molecule has 1 heterocycles. The monoisotopic (exact) mass is 582 g/mol. The minimum absolute atomic E-state index is 0.0879. The summed E-state index contributed by atoms with van der Waals surface area (Å²) in [5.41, 5.74) is 7.29. The van der Waals surface area contributed by atoms with Gasteiger partial charge in [-0.2, -0.15) is 0 Å². The molecule has 12 nitrogen and oxygen atoms in total. The Morgan fingerprint density at radius 3 is 2.43 bits per heavy atom. The summed E-state index contributed by atoms with van der Waals surface area (Å²) in [5, 5.41) is 70.0. The number of aryl methyl sites for hydroxylation is 1. The molecule has 1 aliphatic heterocycles. The van der Waals surface area contributed by atoms with Crippen LogP contribution in [0.4, 0.5) is 0 Å². The molecule has 4 rings (SSSR count). The van der Waals surface area contributed by atoms with Crippen LogP contribution >= 0.6 is 0 Å². The number of carboxylic acid groups (broad SMARTS) is 1. The van der Waals surface area contributed by atoms with Gasteiger partial charge in [0.15, 0.2) is 6.10 Å². The van der Waals surface area contributed by atoms with E-state index in [0.29, 0.717) is 29.0 Å². The van der Waals surface area contributed by atoms with E-state index in [1.165, 1.54) is 30.3 Å². The van der Waals surface area contributed by atoms with Crippen molar-refractivity contribution in [1.82, 2.24) is 0 Å². The number of aliphatic hydroxyl groups excluding tert-OH is 3. The molecule has 0 unspecified atom stereocenters. The lowest BCUT2D eigenvalue weighted by Crippen LogP contribution is -2.64. The molecular formula is C30H34N2O10. The van der Waals surface area contributed by atoms with Crippen molar-refractivity contribution in [3.8, 4) is 28.4 Å². The van der Waals surface area contributed by atoms with Gasteiger partial charge in [-0.25, -0.2) is 4.79 Å². The minimum atomic E-state index is -2.79. The fourth-order valence-electron chi connectivity index (χ4n) is 4.85. The number of phenols is 1. The number of nitrogens with one attached hydrogen (secondary N) is 1. The van der Waals surface area contributed by atoms with Gasteiger partial charge in [-0.05, 0) is 53.4 Å². The molecule has 3 aromatic carbocycles. The van der Waals surface area contributed by atoms with Gasteiger partial charge in [-0.15, -0.1) is 0 Å². The zero-order chi connectivity index (χ0) is 30.6. The van der Waals surface area contributed by atoms with Gasteiger partial charge in [0, 0.05) is 17.2 Å². The number of nitrogen functional groups attached to an aromatic ring is 1. The summed E-state index contributed by atoms with van der Waals surface area (Å²) in [5.74, 6) is -3.64. The Labute approximate surface area is 241 Å². The molecule has 1 aliphatic rings. The van der Waals surface area contributed by atoms with Crippen molar-refractivity contribution in [2.45, 2.75) is 50.0 Å². The molecule has 1 saturated heterocycles. The molecular weight excluding hydrogens is 548 g/mol. The van der Waals surface area contributed by atoms with E-state index in [9.17, 15) is 35.4 Å². The van der Waals surface area contributed by atoms with E-state index in [-0.39, 0.29) is 35.9 Å². The second-order valence-electron chi connectivity index (χ2n) is 9.94. The molecule has 0 aliphatic carbocycles. The number of aliphatic hydroxyl groups is 4. The number of benzene rings is 3. The topological polar surface area (TPSA) is 216 Å². The number of hydrogen-bond donors (Lipinski definition) is 8. The van der Waals surface area contributed by atoms with Crippen LogP contribution in [-0.4, -0.2) is 80.1 Å². The Morgan fingerprint density at radius 2 is 1.76 bits per heavy atom. The molecule has 0 radical (unpaired) electrons. The molecule has 1 fully saturated rings. The summed E-state index contributed by atoms with van der Waals surface area (Å²) >= 11 is 0. The second-order valence-corrected chi connectivity index (χ2v) is 9.94. The largest absolute Gasteiger partial charge is 0.508 e. The number of hydrogen-bond acceptors (Lipinski definition) is 10. The number of phenolic OH excluding ortho intramolecular Hbond substituents is 1. The van der Waals surface area contributed by atoms with E-state index >= 15 is 0 Å². The first-order valence-electron chi connectivity index (χ1n) is 13.3. The van der Waals surface area contributed by atoms with E-state index in [0.717, 1.165) is 12.0 Å².